The van der Waals surface area contributed by atoms with E-state index >= 15 is 0 Å². The maximum Gasteiger partial charge on any atom is 0.417 e. The van der Waals surface area contributed by atoms with Crippen molar-refractivity contribution in [1.82, 2.24) is 10.1 Å². The van der Waals surface area contributed by atoms with Gasteiger partial charge in [0.25, 0.3) is 0 Å². The van der Waals surface area contributed by atoms with Gasteiger partial charge in [0.2, 0.25) is 0 Å². The first-order chi connectivity index (χ1) is 9.37. The third-order valence-corrected chi connectivity index (χ3v) is 2.47. The van der Waals surface area contributed by atoms with Gasteiger partial charge in [-0.15, -0.1) is 0 Å². The second kappa shape index (κ2) is 5.40. The maximum absolute atomic E-state index is 12.2. The molecule has 0 aromatic carbocycles. The number of anilines is 1. The fourth-order valence-electron chi connectivity index (χ4n) is 1.61. The highest BCUT2D eigenvalue weighted by atomic mass is 16.6. The van der Waals surface area contributed by atoms with E-state index in [9.17, 15) is 9.59 Å². The molecular weight excluding hydrogens is 266 g/mol. The van der Waals surface area contributed by atoms with Crippen LogP contribution in [0.3, 0.4) is 0 Å². The van der Waals surface area contributed by atoms with Crippen LogP contribution in [0, 0.1) is 0 Å². The summed E-state index contributed by atoms with van der Waals surface area (Å²) in [6.07, 6.45) is 0.266. The molecule has 0 radical (unpaired) electrons. The smallest absolute Gasteiger partial charge is 0.417 e. The van der Waals surface area contributed by atoms with Crippen molar-refractivity contribution in [3.8, 4) is 0 Å². The summed E-state index contributed by atoms with van der Waals surface area (Å²) in [5, 5.41) is 3.71. The SMILES string of the molecule is CC(C)(C)OC(=O)N(CN1CCOC1=O)c1ccon1. The largest absolute Gasteiger partial charge is 0.447 e. The number of hydrogen-bond donors (Lipinski definition) is 0. The van der Waals surface area contributed by atoms with Crippen molar-refractivity contribution < 1.29 is 23.6 Å². The van der Waals surface area contributed by atoms with Crippen LogP contribution in [0.25, 0.3) is 0 Å². The zero-order valence-electron chi connectivity index (χ0n) is 11.7. The molecule has 8 heteroatoms. The fourth-order valence-corrected chi connectivity index (χ4v) is 1.61. The van der Waals surface area contributed by atoms with E-state index in [1.807, 2.05) is 0 Å². The van der Waals surface area contributed by atoms with Gasteiger partial charge in [0.1, 0.15) is 25.1 Å². The number of cyclic esters (lactones) is 1. The molecule has 8 nitrogen and oxygen atoms in total. The molecule has 0 unspecified atom stereocenters. The number of amides is 2. The number of nitrogens with zero attached hydrogens (tertiary/aromatic N) is 3. The number of carbonyl (C=O) groups excluding carboxylic acids is 2. The van der Waals surface area contributed by atoms with E-state index < -0.39 is 17.8 Å². The van der Waals surface area contributed by atoms with Gasteiger partial charge in [0.15, 0.2) is 5.82 Å². The molecule has 0 bridgehead atoms. The van der Waals surface area contributed by atoms with Crippen molar-refractivity contribution in [3.63, 3.8) is 0 Å². The van der Waals surface area contributed by atoms with Gasteiger partial charge in [-0.05, 0) is 20.8 Å². The molecule has 0 spiro atoms. The third-order valence-electron chi connectivity index (χ3n) is 2.47. The maximum atomic E-state index is 12.2. The average Bonchev–Trinajstić information content (AvgIpc) is 2.95. The third kappa shape index (κ3) is 3.40. The predicted molar refractivity (Wildman–Crippen MR) is 68.1 cm³/mol. The second-order valence-corrected chi connectivity index (χ2v) is 5.29. The number of ether oxygens (including phenoxy) is 2. The van der Waals surface area contributed by atoms with Gasteiger partial charge in [-0.2, -0.15) is 0 Å². The molecule has 1 aromatic heterocycles. The van der Waals surface area contributed by atoms with Gasteiger partial charge in [0.05, 0.1) is 6.54 Å². The molecule has 1 aliphatic heterocycles. The van der Waals surface area contributed by atoms with Gasteiger partial charge < -0.3 is 14.0 Å². The Morgan fingerprint density at radius 2 is 2.30 bits per heavy atom. The average molecular weight is 283 g/mol. The van der Waals surface area contributed by atoms with Crippen LogP contribution in [-0.4, -0.2) is 47.7 Å². The van der Waals surface area contributed by atoms with Crippen molar-refractivity contribution in [1.29, 1.82) is 0 Å². The van der Waals surface area contributed by atoms with Crippen LogP contribution in [0.5, 0.6) is 0 Å². The molecule has 0 saturated carbocycles. The van der Waals surface area contributed by atoms with Crippen molar-refractivity contribution in [2.24, 2.45) is 0 Å². The molecular formula is C12H17N3O5. The topological polar surface area (TPSA) is 85.1 Å². The van der Waals surface area contributed by atoms with Gasteiger partial charge in [-0.1, -0.05) is 5.16 Å². The predicted octanol–water partition coefficient (Wildman–Crippen LogP) is 1.83. The van der Waals surface area contributed by atoms with Gasteiger partial charge in [-0.25, -0.2) is 14.5 Å². The van der Waals surface area contributed by atoms with Crippen LogP contribution < -0.4 is 4.90 Å². The van der Waals surface area contributed by atoms with E-state index in [1.165, 1.54) is 22.1 Å². The summed E-state index contributed by atoms with van der Waals surface area (Å²) in [5.41, 5.74) is -0.648. The molecule has 2 rings (SSSR count). The molecule has 2 heterocycles. The Kier molecular flexibility index (Phi) is 3.82. The minimum absolute atomic E-state index is 0.000278. The zero-order valence-corrected chi connectivity index (χ0v) is 11.7. The monoisotopic (exact) mass is 283 g/mol. The molecule has 1 saturated heterocycles. The highest BCUT2D eigenvalue weighted by molar-refractivity contribution is 5.87. The molecule has 110 valence electrons. The first-order valence-corrected chi connectivity index (χ1v) is 6.19. The summed E-state index contributed by atoms with van der Waals surface area (Å²) in [4.78, 5) is 26.3. The number of rotatable bonds is 3. The van der Waals surface area contributed by atoms with Crippen molar-refractivity contribution >= 4 is 18.0 Å². The zero-order chi connectivity index (χ0) is 14.8. The lowest BCUT2D eigenvalue weighted by molar-refractivity contribution is 0.0562. The van der Waals surface area contributed by atoms with Gasteiger partial charge >= 0.3 is 12.2 Å². The first kappa shape index (κ1) is 14.2. The van der Waals surface area contributed by atoms with Gasteiger partial charge in [-0.3, -0.25) is 4.90 Å². The Hall–Kier alpha value is -2.25. The quantitative estimate of drug-likeness (QED) is 0.841. The highest BCUT2D eigenvalue weighted by Crippen LogP contribution is 2.18. The molecule has 0 atom stereocenters. The summed E-state index contributed by atoms with van der Waals surface area (Å²) in [6, 6.07) is 1.52. The van der Waals surface area contributed by atoms with E-state index in [2.05, 4.69) is 5.16 Å². The van der Waals surface area contributed by atoms with Crippen molar-refractivity contribution in [2.45, 2.75) is 26.4 Å². The van der Waals surface area contributed by atoms with E-state index in [1.54, 1.807) is 20.8 Å². The molecule has 1 aromatic rings. The first-order valence-electron chi connectivity index (χ1n) is 6.19. The lowest BCUT2D eigenvalue weighted by Crippen LogP contribution is -2.44. The standard InChI is InChI=1S/C12H17N3O5/c1-12(2,3)20-11(17)15(9-4-6-19-13-9)8-14-5-7-18-10(14)16/h4,6H,5,7-8H2,1-3H3. The van der Waals surface area contributed by atoms with Crippen LogP contribution >= 0.6 is 0 Å². The summed E-state index contributed by atoms with van der Waals surface area (Å²) >= 11 is 0. The van der Waals surface area contributed by atoms with Crippen LogP contribution in [-0.2, 0) is 9.47 Å². The summed E-state index contributed by atoms with van der Waals surface area (Å²) < 4.78 is 14.9. The Morgan fingerprint density at radius 3 is 2.80 bits per heavy atom. The number of aromatic nitrogens is 1. The highest BCUT2D eigenvalue weighted by Gasteiger charge is 2.31. The second-order valence-electron chi connectivity index (χ2n) is 5.29. The Labute approximate surface area is 116 Å². The summed E-state index contributed by atoms with van der Waals surface area (Å²) in [6.45, 7) is 6.00. The van der Waals surface area contributed by atoms with Gasteiger partial charge in [0, 0.05) is 6.07 Å². The lowest BCUT2D eigenvalue weighted by atomic mass is 10.2. The summed E-state index contributed by atoms with van der Waals surface area (Å²) in [5.74, 6) is 0.277. The van der Waals surface area contributed by atoms with Crippen LogP contribution in [0.15, 0.2) is 16.9 Å². The molecule has 2 amide bonds. The van der Waals surface area contributed by atoms with Crippen LogP contribution in [0.1, 0.15) is 20.8 Å². The summed E-state index contributed by atoms with van der Waals surface area (Å²) in [7, 11) is 0. The van der Waals surface area contributed by atoms with E-state index in [0.29, 0.717) is 13.2 Å². The molecule has 0 aliphatic carbocycles. The van der Waals surface area contributed by atoms with Crippen molar-refractivity contribution in [3.05, 3.63) is 12.3 Å². The minimum Gasteiger partial charge on any atom is -0.447 e. The Balaban J connectivity index is 2.13. The van der Waals surface area contributed by atoms with E-state index in [4.69, 9.17) is 14.0 Å². The Bertz CT molecular complexity index is 480. The molecule has 0 N–H and O–H groups in total. The number of carbonyl (C=O) groups is 2. The minimum atomic E-state index is -0.648. The molecule has 20 heavy (non-hydrogen) atoms. The molecule has 1 aliphatic rings. The van der Waals surface area contributed by atoms with Crippen LogP contribution in [0.4, 0.5) is 15.4 Å². The van der Waals surface area contributed by atoms with E-state index in [-0.39, 0.29) is 12.5 Å². The normalized spacial score (nSPS) is 15.2. The van der Waals surface area contributed by atoms with E-state index in [0.717, 1.165) is 0 Å². The molecule has 1 fully saturated rings. The Morgan fingerprint density at radius 1 is 1.55 bits per heavy atom. The van der Waals surface area contributed by atoms with Crippen LogP contribution in [0.2, 0.25) is 0 Å². The van der Waals surface area contributed by atoms with Crippen molar-refractivity contribution in [2.75, 3.05) is 24.7 Å². The lowest BCUT2D eigenvalue weighted by Gasteiger charge is -2.27. The number of hydrogen-bond acceptors (Lipinski definition) is 6. The fraction of sp³-hybridized carbons (Fsp3) is 0.583.